The summed E-state index contributed by atoms with van der Waals surface area (Å²) >= 11 is 6.27. The second-order valence-corrected chi connectivity index (χ2v) is 9.39. The highest BCUT2D eigenvalue weighted by Gasteiger charge is 2.54. The number of fused-ring (bicyclic) bond motifs is 3. The molecule has 3 aromatic rings. The van der Waals surface area contributed by atoms with Crippen molar-refractivity contribution in [3.05, 3.63) is 58.8 Å². The van der Waals surface area contributed by atoms with Crippen LogP contribution in [0.3, 0.4) is 0 Å². The topological polar surface area (TPSA) is 89.3 Å². The number of rotatable bonds is 2. The third kappa shape index (κ3) is 3.02. The molecule has 2 aliphatic heterocycles. The maximum Gasteiger partial charge on any atom is 0.410 e. The van der Waals surface area contributed by atoms with E-state index < -0.39 is 6.09 Å². The number of methoxy groups -OCH3 is 1. The average molecular weight is 452 g/mol. The summed E-state index contributed by atoms with van der Waals surface area (Å²) in [4.78, 5) is 16.2. The highest BCUT2D eigenvalue weighted by atomic mass is 35.5. The molecule has 32 heavy (non-hydrogen) atoms. The van der Waals surface area contributed by atoms with Crippen molar-refractivity contribution in [1.82, 2.24) is 29.9 Å². The summed E-state index contributed by atoms with van der Waals surface area (Å²) in [6.45, 7) is 2.73. The highest BCUT2D eigenvalue weighted by molar-refractivity contribution is 6.30. The molecule has 0 N–H and O–H groups in total. The van der Waals surface area contributed by atoms with Crippen LogP contribution in [0, 0.1) is 5.41 Å². The van der Waals surface area contributed by atoms with Crippen molar-refractivity contribution in [3.63, 3.8) is 0 Å². The van der Waals surface area contributed by atoms with E-state index in [-0.39, 0.29) is 0 Å². The van der Waals surface area contributed by atoms with E-state index in [1.54, 1.807) is 11.1 Å². The predicted octanol–water partition coefficient (Wildman–Crippen LogP) is 3.18. The Morgan fingerprint density at radius 3 is 2.75 bits per heavy atom. The molecule has 1 saturated carbocycles. The first-order chi connectivity index (χ1) is 15.5. The molecule has 1 saturated heterocycles. The van der Waals surface area contributed by atoms with Crippen LogP contribution in [0.1, 0.15) is 36.0 Å². The van der Waals surface area contributed by atoms with Crippen LogP contribution < -0.4 is 4.90 Å². The van der Waals surface area contributed by atoms with Gasteiger partial charge in [0.25, 0.3) is 0 Å². The van der Waals surface area contributed by atoms with Gasteiger partial charge in [-0.2, -0.15) is 5.10 Å². The zero-order chi connectivity index (χ0) is 21.9. The van der Waals surface area contributed by atoms with Gasteiger partial charge in [-0.05, 0) is 48.7 Å². The van der Waals surface area contributed by atoms with Crippen molar-refractivity contribution in [1.29, 1.82) is 0 Å². The molecule has 1 spiro atoms. The number of ether oxygens (including phenoxy) is 1. The van der Waals surface area contributed by atoms with Crippen molar-refractivity contribution in [2.45, 2.75) is 31.8 Å². The number of anilines is 1. The predicted molar refractivity (Wildman–Crippen MR) is 117 cm³/mol. The Morgan fingerprint density at radius 1 is 1.16 bits per heavy atom. The molecule has 1 amide bonds. The van der Waals surface area contributed by atoms with Crippen LogP contribution >= 0.6 is 11.6 Å². The molecule has 0 bridgehead atoms. The van der Waals surface area contributed by atoms with Crippen molar-refractivity contribution < 1.29 is 9.53 Å². The Kier molecular flexibility index (Phi) is 4.36. The molecular weight excluding hydrogens is 430 g/mol. The summed E-state index contributed by atoms with van der Waals surface area (Å²) in [5, 5.41) is 17.9. The third-order valence-corrected chi connectivity index (χ3v) is 7.06. The molecule has 3 aliphatic rings. The zero-order valence-electron chi connectivity index (χ0n) is 17.6. The number of amides is 1. The van der Waals surface area contributed by atoms with Crippen molar-refractivity contribution in [2.24, 2.45) is 5.41 Å². The Bertz CT molecular complexity index is 1180. The largest absolute Gasteiger partial charge is 0.453 e. The summed E-state index contributed by atoms with van der Waals surface area (Å²) in [5.74, 6) is 2.96. The number of benzene rings is 1. The molecule has 2 fully saturated rings. The summed E-state index contributed by atoms with van der Waals surface area (Å²) < 4.78 is 7.09. The highest BCUT2D eigenvalue weighted by Crippen LogP contribution is 2.56. The van der Waals surface area contributed by atoms with Gasteiger partial charge in [0.15, 0.2) is 11.6 Å². The van der Waals surface area contributed by atoms with Gasteiger partial charge in [-0.1, -0.05) is 11.6 Å². The summed E-state index contributed by atoms with van der Waals surface area (Å²) in [6.07, 6.45) is 3.42. The molecule has 1 aromatic carbocycles. The fraction of sp³-hybridized carbons (Fsp3) is 0.409. The molecule has 6 rings (SSSR count). The van der Waals surface area contributed by atoms with Crippen LogP contribution in [0.15, 0.2) is 36.5 Å². The van der Waals surface area contributed by atoms with Crippen LogP contribution in [-0.4, -0.2) is 56.2 Å². The van der Waals surface area contributed by atoms with E-state index in [4.69, 9.17) is 16.3 Å². The maximum absolute atomic E-state index is 12.3. The normalized spacial score (nSPS) is 18.9. The number of carbonyl (C=O) groups excluding carboxylic acids is 1. The summed E-state index contributed by atoms with van der Waals surface area (Å²) in [7, 11) is 1.39. The van der Waals surface area contributed by atoms with Crippen LogP contribution in [-0.2, 0) is 17.8 Å². The van der Waals surface area contributed by atoms with Gasteiger partial charge in [-0.25, -0.2) is 4.79 Å². The minimum atomic E-state index is -0.393. The maximum atomic E-state index is 12.3. The second-order valence-electron chi connectivity index (χ2n) is 8.95. The number of carbonyl (C=O) groups is 1. The average Bonchev–Trinajstić information content (AvgIpc) is 3.07. The summed E-state index contributed by atoms with van der Waals surface area (Å²) in [5.41, 5.74) is 2.24. The van der Waals surface area contributed by atoms with Gasteiger partial charge in [0.2, 0.25) is 0 Å². The van der Waals surface area contributed by atoms with Gasteiger partial charge >= 0.3 is 6.09 Å². The lowest BCUT2D eigenvalue weighted by atomic mass is 9.57. The molecular formula is C22H22ClN7O2. The molecule has 0 atom stereocenters. The van der Waals surface area contributed by atoms with Crippen LogP contribution in [0.4, 0.5) is 10.6 Å². The Labute approximate surface area is 190 Å². The second kappa shape index (κ2) is 7.16. The molecule has 10 heteroatoms. The lowest BCUT2D eigenvalue weighted by Gasteiger charge is -2.59. The van der Waals surface area contributed by atoms with E-state index in [2.05, 4.69) is 29.9 Å². The first-order valence-corrected chi connectivity index (χ1v) is 11.0. The molecule has 2 aromatic heterocycles. The molecule has 4 heterocycles. The van der Waals surface area contributed by atoms with E-state index in [1.165, 1.54) is 7.11 Å². The first-order valence-electron chi connectivity index (χ1n) is 10.6. The van der Waals surface area contributed by atoms with E-state index in [0.29, 0.717) is 29.4 Å². The van der Waals surface area contributed by atoms with Crippen molar-refractivity contribution in [2.75, 3.05) is 25.1 Å². The number of nitrogens with zero attached hydrogens (tertiary/aromatic N) is 7. The summed E-state index contributed by atoms with van der Waals surface area (Å²) in [6, 6.07) is 9.68. The quantitative estimate of drug-likeness (QED) is 0.591. The fourth-order valence-corrected chi connectivity index (χ4v) is 5.56. The van der Waals surface area contributed by atoms with Crippen molar-refractivity contribution in [3.8, 4) is 5.69 Å². The Balaban J connectivity index is 1.27. The lowest BCUT2D eigenvalue weighted by molar-refractivity contribution is 0.0580. The lowest BCUT2D eigenvalue weighted by Crippen LogP contribution is -2.62. The van der Waals surface area contributed by atoms with Crippen LogP contribution in [0.2, 0.25) is 5.02 Å². The first kappa shape index (κ1) is 19.5. The monoisotopic (exact) mass is 451 g/mol. The zero-order valence-corrected chi connectivity index (χ0v) is 18.4. The Hall–Kier alpha value is -3.20. The smallest absolute Gasteiger partial charge is 0.410 e. The minimum Gasteiger partial charge on any atom is -0.453 e. The van der Waals surface area contributed by atoms with Gasteiger partial charge < -0.3 is 9.64 Å². The van der Waals surface area contributed by atoms with E-state index in [1.807, 2.05) is 30.3 Å². The van der Waals surface area contributed by atoms with Gasteiger partial charge in [0.1, 0.15) is 5.82 Å². The van der Waals surface area contributed by atoms with Crippen LogP contribution in [0.5, 0.6) is 0 Å². The van der Waals surface area contributed by atoms with Crippen LogP contribution in [0.25, 0.3) is 5.69 Å². The molecule has 1 aliphatic carbocycles. The van der Waals surface area contributed by atoms with E-state index >= 15 is 0 Å². The van der Waals surface area contributed by atoms with E-state index in [0.717, 1.165) is 54.6 Å². The fourth-order valence-electron chi connectivity index (χ4n) is 5.36. The van der Waals surface area contributed by atoms with E-state index in [9.17, 15) is 4.79 Å². The van der Waals surface area contributed by atoms with Crippen molar-refractivity contribution >= 4 is 23.5 Å². The SMILES string of the molecule is COC(=O)N1Cc2cc(Cl)ccc2-n2c(nnc2C2CC3(C2)CN(c2cccnn2)C3)C1. The molecule has 0 unspecified atom stereocenters. The molecule has 9 nitrogen and oxygen atoms in total. The number of hydrogen-bond donors (Lipinski definition) is 0. The third-order valence-electron chi connectivity index (χ3n) is 6.82. The number of hydrogen-bond acceptors (Lipinski definition) is 7. The van der Waals surface area contributed by atoms with Gasteiger partial charge in [0.05, 0.1) is 25.9 Å². The molecule has 164 valence electrons. The standard InChI is InChI=1S/C22H22ClN7O2/c1-32-21(31)28-10-14-7-16(23)4-5-17(14)30-19(11-28)26-27-20(30)15-8-22(9-15)12-29(13-22)18-3-2-6-24-25-18/h2-7,15H,8-13H2,1H3. The minimum absolute atomic E-state index is 0.306. The van der Waals surface area contributed by atoms with Gasteiger partial charge in [-0.3, -0.25) is 9.47 Å². The number of halogens is 1. The molecule has 0 radical (unpaired) electrons. The number of aromatic nitrogens is 5. The van der Waals surface area contributed by atoms with Gasteiger partial charge in [-0.15, -0.1) is 15.3 Å². The Morgan fingerprint density at radius 2 is 2.00 bits per heavy atom. The van der Waals surface area contributed by atoms with Gasteiger partial charge in [0, 0.05) is 35.6 Å².